The maximum absolute atomic E-state index is 4.14. The van der Waals surface area contributed by atoms with E-state index >= 15 is 0 Å². The molecule has 0 saturated carbocycles. The van der Waals surface area contributed by atoms with E-state index in [1.54, 1.807) is 11.3 Å². The second-order valence-electron chi connectivity index (χ2n) is 1.88. The summed E-state index contributed by atoms with van der Waals surface area (Å²) in [5, 5.41) is 6.25. The number of hydrogen-bond acceptors (Lipinski definition) is 3. The number of nitrogens with zero attached hydrogens (tertiary/aromatic N) is 1. The van der Waals surface area contributed by atoms with E-state index < -0.39 is 0 Å². The Balaban J connectivity index is 2.65. The van der Waals surface area contributed by atoms with Crippen molar-refractivity contribution in [1.29, 1.82) is 0 Å². The highest BCUT2D eigenvalue weighted by Gasteiger charge is 2.02. The zero-order valence-corrected chi connectivity index (χ0v) is 6.40. The van der Waals surface area contributed by atoms with Gasteiger partial charge in [0, 0.05) is 11.6 Å². The van der Waals surface area contributed by atoms with Crippen molar-refractivity contribution in [2.45, 2.75) is 13.0 Å². The summed E-state index contributed by atoms with van der Waals surface area (Å²) in [6, 6.07) is 0.394. The molecule has 0 aliphatic carbocycles. The van der Waals surface area contributed by atoms with Crippen LogP contribution in [-0.2, 0) is 0 Å². The van der Waals surface area contributed by atoms with Crippen LogP contribution >= 0.6 is 11.3 Å². The molecule has 0 aromatic carbocycles. The van der Waals surface area contributed by atoms with Crippen molar-refractivity contribution in [2.75, 3.05) is 7.05 Å². The minimum absolute atomic E-state index is 0.394. The highest BCUT2D eigenvalue weighted by atomic mass is 32.1. The zero-order chi connectivity index (χ0) is 6.69. The molecule has 0 aliphatic heterocycles. The maximum atomic E-state index is 4.14. The standard InChI is InChI=1S/C6H10N2S/c1-5(7-2)6-8-3-4-9-6/h3-5,7H,1-2H3/t5-/m1/s1. The molecule has 0 bridgehead atoms. The molecule has 0 radical (unpaired) electrons. The second-order valence-corrected chi connectivity index (χ2v) is 2.81. The lowest BCUT2D eigenvalue weighted by atomic mass is 10.4. The minimum atomic E-state index is 0.394. The highest BCUT2D eigenvalue weighted by Crippen LogP contribution is 2.13. The predicted octanol–water partition coefficient (Wildman–Crippen LogP) is 1.42. The van der Waals surface area contributed by atoms with E-state index in [0.29, 0.717) is 6.04 Å². The largest absolute Gasteiger partial charge is 0.311 e. The van der Waals surface area contributed by atoms with Gasteiger partial charge in [0.1, 0.15) is 5.01 Å². The Kier molecular flexibility index (Phi) is 2.19. The van der Waals surface area contributed by atoms with E-state index in [4.69, 9.17) is 0 Å². The predicted molar refractivity (Wildman–Crippen MR) is 39.6 cm³/mol. The molecular formula is C6H10N2S. The van der Waals surface area contributed by atoms with Crippen molar-refractivity contribution in [3.05, 3.63) is 16.6 Å². The summed E-state index contributed by atoms with van der Waals surface area (Å²) in [7, 11) is 1.94. The summed E-state index contributed by atoms with van der Waals surface area (Å²) < 4.78 is 0. The van der Waals surface area contributed by atoms with Gasteiger partial charge in [-0.05, 0) is 14.0 Å². The monoisotopic (exact) mass is 142 g/mol. The van der Waals surface area contributed by atoms with E-state index in [0.717, 1.165) is 5.01 Å². The fraction of sp³-hybridized carbons (Fsp3) is 0.500. The van der Waals surface area contributed by atoms with Gasteiger partial charge in [0.05, 0.1) is 6.04 Å². The Morgan fingerprint density at radius 3 is 3.00 bits per heavy atom. The van der Waals surface area contributed by atoms with Crippen LogP contribution in [0.3, 0.4) is 0 Å². The molecular weight excluding hydrogens is 132 g/mol. The Bertz CT molecular complexity index is 160. The summed E-state index contributed by atoms with van der Waals surface area (Å²) in [5.74, 6) is 0. The summed E-state index contributed by atoms with van der Waals surface area (Å²) in [5.41, 5.74) is 0. The van der Waals surface area contributed by atoms with Crippen molar-refractivity contribution < 1.29 is 0 Å². The second kappa shape index (κ2) is 2.94. The van der Waals surface area contributed by atoms with Crippen LogP contribution in [0.4, 0.5) is 0 Å². The van der Waals surface area contributed by atoms with Crippen LogP contribution in [0.5, 0.6) is 0 Å². The number of hydrogen-bond donors (Lipinski definition) is 1. The smallest absolute Gasteiger partial charge is 0.109 e. The third-order valence-electron chi connectivity index (χ3n) is 1.25. The maximum Gasteiger partial charge on any atom is 0.109 e. The number of aromatic nitrogens is 1. The van der Waals surface area contributed by atoms with Crippen molar-refractivity contribution in [2.24, 2.45) is 0 Å². The third-order valence-corrected chi connectivity index (χ3v) is 2.21. The summed E-state index contributed by atoms with van der Waals surface area (Å²) in [6.07, 6.45) is 1.83. The van der Waals surface area contributed by atoms with Gasteiger partial charge in [0.15, 0.2) is 0 Å². The van der Waals surface area contributed by atoms with Gasteiger partial charge in [-0.1, -0.05) is 0 Å². The van der Waals surface area contributed by atoms with Crippen LogP contribution in [0.2, 0.25) is 0 Å². The van der Waals surface area contributed by atoms with Gasteiger partial charge in [-0.15, -0.1) is 11.3 Å². The normalized spacial score (nSPS) is 13.6. The molecule has 0 amide bonds. The SMILES string of the molecule is CN[C@H](C)c1nccs1. The van der Waals surface area contributed by atoms with Gasteiger partial charge in [0.2, 0.25) is 0 Å². The van der Waals surface area contributed by atoms with Gasteiger partial charge in [0.25, 0.3) is 0 Å². The molecule has 2 nitrogen and oxygen atoms in total. The molecule has 9 heavy (non-hydrogen) atoms. The van der Waals surface area contributed by atoms with E-state index in [9.17, 15) is 0 Å². The molecule has 1 heterocycles. The van der Waals surface area contributed by atoms with Crippen molar-refractivity contribution in [1.82, 2.24) is 10.3 Å². The molecule has 1 N–H and O–H groups in total. The van der Waals surface area contributed by atoms with Crippen LogP contribution in [0.25, 0.3) is 0 Å². The lowest BCUT2D eigenvalue weighted by Crippen LogP contribution is -2.11. The van der Waals surface area contributed by atoms with Crippen LogP contribution in [-0.4, -0.2) is 12.0 Å². The Labute approximate surface area is 58.9 Å². The molecule has 1 atom stereocenters. The van der Waals surface area contributed by atoms with E-state index in [1.165, 1.54) is 0 Å². The molecule has 0 fully saturated rings. The fourth-order valence-electron chi connectivity index (χ4n) is 0.572. The molecule has 1 rings (SSSR count). The minimum Gasteiger partial charge on any atom is -0.311 e. The zero-order valence-electron chi connectivity index (χ0n) is 5.59. The van der Waals surface area contributed by atoms with Gasteiger partial charge < -0.3 is 5.32 Å². The van der Waals surface area contributed by atoms with Crippen LogP contribution in [0.15, 0.2) is 11.6 Å². The number of thiazole rings is 1. The lowest BCUT2D eigenvalue weighted by Gasteiger charge is -2.03. The molecule has 0 unspecified atom stereocenters. The first kappa shape index (κ1) is 6.71. The first-order valence-electron chi connectivity index (χ1n) is 2.91. The molecule has 0 spiro atoms. The van der Waals surface area contributed by atoms with Gasteiger partial charge in [-0.25, -0.2) is 4.98 Å². The molecule has 0 aliphatic rings. The van der Waals surface area contributed by atoms with Gasteiger partial charge in [-0.2, -0.15) is 0 Å². The topological polar surface area (TPSA) is 24.9 Å². The molecule has 1 aromatic rings. The number of rotatable bonds is 2. The van der Waals surface area contributed by atoms with E-state index in [-0.39, 0.29) is 0 Å². The molecule has 1 aromatic heterocycles. The Hall–Kier alpha value is -0.410. The quantitative estimate of drug-likeness (QED) is 0.675. The van der Waals surface area contributed by atoms with Crippen LogP contribution < -0.4 is 5.32 Å². The van der Waals surface area contributed by atoms with Crippen LogP contribution in [0, 0.1) is 0 Å². The average molecular weight is 142 g/mol. The van der Waals surface area contributed by atoms with Crippen molar-refractivity contribution in [3.63, 3.8) is 0 Å². The lowest BCUT2D eigenvalue weighted by molar-refractivity contribution is 0.647. The fourth-order valence-corrected chi connectivity index (χ4v) is 1.28. The molecule has 3 heteroatoms. The first-order valence-corrected chi connectivity index (χ1v) is 3.79. The summed E-state index contributed by atoms with van der Waals surface area (Å²) >= 11 is 1.68. The number of nitrogens with one attached hydrogen (secondary N) is 1. The Morgan fingerprint density at radius 2 is 2.56 bits per heavy atom. The van der Waals surface area contributed by atoms with E-state index in [1.807, 2.05) is 18.6 Å². The van der Waals surface area contributed by atoms with Crippen molar-refractivity contribution >= 4 is 11.3 Å². The van der Waals surface area contributed by atoms with Gasteiger partial charge >= 0.3 is 0 Å². The summed E-state index contributed by atoms with van der Waals surface area (Å²) in [4.78, 5) is 4.14. The van der Waals surface area contributed by atoms with Gasteiger partial charge in [-0.3, -0.25) is 0 Å². The average Bonchev–Trinajstić information content (AvgIpc) is 2.37. The van der Waals surface area contributed by atoms with Crippen molar-refractivity contribution in [3.8, 4) is 0 Å². The molecule has 50 valence electrons. The first-order chi connectivity index (χ1) is 4.34. The third kappa shape index (κ3) is 1.50. The summed E-state index contributed by atoms with van der Waals surface area (Å²) in [6.45, 7) is 2.10. The van der Waals surface area contributed by atoms with E-state index in [2.05, 4.69) is 17.2 Å². The highest BCUT2D eigenvalue weighted by molar-refractivity contribution is 7.09. The van der Waals surface area contributed by atoms with Crippen LogP contribution in [0.1, 0.15) is 18.0 Å². The molecule has 0 saturated heterocycles. The Morgan fingerprint density at radius 1 is 1.78 bits per heavy atom.